The first-order valence-electron chi connectivity index (χ1n) is 4.01. The van der Waals surface area contributed by atoms with Crippen LogP contribution in [0, 0.1) is 5.82 Å². The predicted octanol–water partition coefficient (Wildman–Crippen LogP) is 2.99. The molecular formula is C9H12BrFN2. The Balaban J connectivity index is 3.05. The fourth-order valence-electron chi connectivity index (χ4n) is 1.02. The summed E-state index contributed by atoms with van der Waals surface area (Å²) in [6.45, 7) is 3.94. The van der Waals surface area contributed by atoms with E-state index in [0.717, 1.165) is 0 Å². The largest absolute Gasteiger partial charge is 0.395 e. The van der Waals surface area contributed by atoms with Crippen molar-refractivity contribution in [1.82, 2.24) is 0 Å². The average Bonchev–Trinajstić information content (AvgIpc) is 1.98. The van der Waals surface area contributed by atoms with Crippen LogP contribution in [0.25, 0.3) is 0 Å². The third-order valence-corrected chi connectivity index (χ3v) is 2.00. The Morgan fingerprint density at radius 3 is 2.62 bits per heavy atom. The lowest BCUT2D eigenvalue weighted by molar-refractivity contribution is 0.632. The van der Waals surface area contributed by atoms with Gasteiger partial charge in [0.25, 0.3) is 0 Å². The first-order valence-corrected chi connectivity index (χ1v) is 4.81. The van der Waals surface area contributed by atoms with E-state index in [-0.39, 0.29) is 11.7 Å². The van der Waals surface area contributed by atoms with Crippen LogP contribution in [-0.4, -0.2) is 6.04 Å². The van der Waals surface area contributed by atoms with Gasteiger partial charge in [0.15, 0.2) is 0 Å². The number of anilines is 2. The summed E-state index contributed by atoms with van der Waals surface area (Å²) in [6.07, 6.45) is 0. The van der Waals surface area contributed by atoms with Crippen LogP contribution in [0.15, 0.2) is 16.6 Å². The topological polar surface area (TPSA) is 38.0 Å². The van der Waals surface area contributed by atoms with Crippen molar-refractivity contribution < 1.29 is 4.39 Å². The minimum Gasteiger partial charge on any atom is -0.395 e. The number of nitrogens with two attached hydrogens (primary N) is 1. The predicted molar refractivity (Wildman–Crippen MR) is 57.3 cm³/mol. The summed E-state index contributed by atoms with van der Waals surface area (Å²) in [7, 11) is 0. The molecule has 0 radical (unpaired) electrons. The molecule has 0 amide bonds. The Hall–Kier alpha value is -0.770. The lowest BCUT2D eigenvalue weighted by atomic mass is 10.2. The molecule has 0 fully saturated rings. The van der Waals surface area contributed by atoms with Gasteiger partial charge in [-0.1, -0.05) is 15.9 Å². The molecule has 1 aromatic rings. The van der Waals surface area contributed by atoms with E-state index in [9.17, 15) is 4.39 Å². The first kappa shape index (κ1) is 10.3. The zero-order valence-corrected chi connectivity index (χ0v) is 9.15. The van der Waals surface area contributed by atoms with Crippen molar-refractivity contribution >= 4 is 27.3 Å². The Bertz CT molecular complexity index is 313. The van der Waals surface area contributed by atoms with E-state index in [0.29, 0.717) is 10.2 Å². The quantitative estimate of drug-likeness (QED) is 0.788. The summed E-state index contributed by atoms with van der Waals surface area (Å²) >= 11 is 3.20. The van der Waals surface area contributed by atoms with Crippen LogP contribution in [0.5, 0.6) is 0 Å². The molecule has 0 saturated carbocycles. The van der Waals surface area contributed by atoms with Gasteiger partial charge in [-0.2, -0.15) is 0 Å². The molecule has 0 bridgehead atoms. The van der Waals surface area contributed by atoms with Crippen molar-refractivity contribution in [3.05, 3.63) is 22.4 Å². The summed E-state index contributed by atoms with van der Waals surface area (Å²) in [5.41, 5.74) is 6.33. The van der Waals surface area contributed by atoms with Crippen LogP contribution in [-0.2, 0) is 0 Å². The Morgan fingerprint density at radius 1 is 1.46 bits per heavy atom. The maximum absolute atomic E-state index is 13.1. The number of hydrogen-bond acceptors (Lipinski definition) is 2. The molecular weight excluding hydrogens is 235 g/mol. The van der Waals surface area contributed by atoms with Gasteiger partial charge in [-0.15, -0.1) is 0 Å². The molecule has 13 heavy (non-hydrogen) atoms. The van der Waals surface area contributed by atoms with Gasteiger partial charge in [0, 0.05) is 10.5 Å². The van der Waals surface area contributed by atoms with E-state index >= 15 is 0 Å². The molecule has 0 atom stereocenters. The van der Waals surface area contributed by atoms with Gasteiger partial charge >= 0.3 is 0 Å². The number of nitrogens with one attached hydrogen (secondary N) is 1. The highest BCUT2D eigenvalue weighted by Gasteiger charge is 2.07. The standard InChI is InChI=1S/C9H12BrFN2/c1-5(2)13-8-4-6(10)3-7(11)9(8)12/h3-5,13H,12H2,1-2H3. The summed E-state index contributed by atoms with van der Waals surface area (Å²) in [4.78, 5) is 0. The van der Waals surface area contributed by atoms with E-state index < -0.39 is 5.82 Å². The number of nitrogen functional groups attached to an aromatic ring is 1. The molecule has 72 valence electrons. The highest BCUT2D eigenvalue weighted by molar-refractivity contribution is 9.10. The van der Waals surface area contributed by atoms with Gasteiger partial charge in [0.05, 0.1) is 11.4 Å². The van der Waals surface area contributed by atoms with E-state index in [1.54, 1.807) is 6.07 Å². The summed E-state index contributed by atoms with van der Waals surface area (Å²) in [5.74, 6) is -0.405. The SMILES string of the molecule is CC(C)Nc1cc(Br)cc(F)c1N. The van der Waals surface area contributed by atoms with E-state index in [1.165, 1.54) is 6.07 Å². The average molecular weight is 247 g/mol. The first-order chi connectivity index (χ1) is 6.00. The minimum atomic E-state index is -0.405. The van der Waals surface area contributed by atoms with Crippen LogP contribution in [0.3, 0.4) is 0 Å². The van der Waals surface area contributed by atoms with Crippen LogP contribution >= 0.6 is 15.9 Å². The highest BCUT2D eigenvalue weighted by Crippen LogP contribution is 2.27. The van der Waals surface area contributed by atoms with Gasteiger partial charge in [-0.05, 0) is 26.0 Å². The molecule has 0 spiro atoms. The molecule has 3 N–H and O–H groups in total. The molecule has 0 aliphatic carbocycles. The maximum Gasteiger partial charge on any atom is 0.149 e. The van der Waals surface area contributed by atoms with E-state index in [2.05, 4.69) is 21.2 Å². The lowest BCUT2D eigenvalue weighted by Gasteiger charge is -2.13. The zero-order chi connectivity index (χ0) is 10.0. The molecule has 1 aromatic carbocycles. The third-order valence-electron chi connectivity index (χ3n) is 1.54. The molecule has 0 aliphatic rings. The lowest BCUT2D eigenvalue weighted by Crippen LogP contribution is -2.12. The van der Waals surface area contributed by atoms with Crippen LogP contribution < -0.4 is 11.1 Å². The Morgan fingerprint density at radius 2 is 2.08 bits per heavy atom. The second-order valence-corrected chi connectivity index (χ2v) is 4.06. The van der Waals surface area contributed by atoms with Gasteiger partial charge in [-0.25, -0.2) is 4.39 Å². The monoisotopic (exact) mass is 246 g/mol. The molecule has 0 aromatic heterocycles. The molecule has 4 heteroatoms. The fourth-order valence-corrected chi connectivity index (χ4v) is 1.45. The van der Waals surface area contributed by atoms with Crippen LogP contribution in [0.4, 0.5) is 15.8 Å². The molecule has 0 aliphatic heterocycles. The van der Waals surface area contributed by atoms with Gasteiger partial charge in [-0.3, -0.25) is 0 Å². The van der Waals surface area contributed by atoms with Gasteiger partial charge in [0.1, 0.15) is 5.82 Å². The third kappa shape index (κ3) is 2.59. The number of hydrogen-bond donors (Lipinski definition) is 2. The van der Waals surface area contributed by atoms with Crippen molar-refractivity contribution in [2.24, 2.45) is 0 Å². The van der Waals surface area contributed by atoms with Crippen molar-refractivity contribution in [3.63, 3.8) is 0 Å². The van der Waals surface area contributed by atoms with Gasteiger partial charge in [0.2, 0.25) is 0 Å². The molecule has 0 heterocycles. The second kappa shape index (κ2) is 3.96. The van der Waals surface area contributed by atoms with E-state index in [1.807, 2.05) is 13.8 Å². The summed E-state index contributed by atoms with van der Waals surface area (Å²) < 4.78 is 13.8. The normalized spacial score (nSPS) is 10.5. The minimum absolute atomic E-state index is 0.164. The summed E-state index contributed by atoms with van der Waals surface area (Å²) in [6, 6.07) is 3.34. The molecule has 1 rings (SSSR count). The molecule has 0 saturated heterocycles. The fraction of sp³-hybridized carbons (Fsp3) is 0.333. The highest BCUT2D eigenvalue weighted by atomic mass is 79.9. The molecule has 0 unspecified atom stereocenters. The molecule has 2 nitrogen and oxygen atoms in total. The van der Waals surface area contributed by atoms with Gasteiger partial charge < -0.3 is 11.1 Å². The van der Waals surface area contributed by atoms with Crippen LogP contribution in [0.1, 0.15) is 13.8 Å². The summed E-state index contributed by atoms with van der Waals surface area (Å²) in [5, 5.41) is 3.06. The van der Waals surface area contributed by atoms with Crippen LogP contribution in [0.2, 0.25) is 0 Å². The number of halogens is 2. The van der Waals surface area contributed by atoms with E-state index in [4.69, 9.17) is 5.73 Å². The van der Waals surface area contributed by atoms with Crippen molar-refractivity contribution in [3.8, 4) is 0 Å². The Kier molecular flexibility index (Phi) is 3.14. The Labute approximate surface area is 85.4 Å². The smallest absolute Gasteiger partial charge is 0.149 e. The number of benzene rings is 1. The maximum atomic E-state index is 13.1. The number of rotatable bonds is 2. The van der Waals surface area contributed by atoms with Crippen molar-refractivity contribution in [2.75, 3.05) is 11.1 Å². The van der Waals surface area contributed by atoms with Crippen molar-refractivity contribution in [2.45, 2.75) is 19.9 Å². The zero-order valence-electron chi connectivity index (χ0n) is 7.57. The second-order valence-electron chi connectivity index (χ2n) is 3.15. The van der Waals surface area contributed by atoms with Crippen molar-refractivity contribution in [1.29, 1.82) is 0 Å².